The fraction of sp³-hybridized carbons (Fsp3) is 0.593. The summed E-state index contributed by atoms with van der Waals surface area (Å²) >= 11 is 0. The first-order valence-electron chi connectivity index (χ1n) is 12.9. The minimum absolute atomic E-state index is 0.0443. The first-order valence-corrected chi connectivity index (χ1v) is 12.9. The van der Waals surface area contributed by atoms with Gasteiger partial charge in [-0.3, -0.25) is 34.2 Å². The van der Waals surface area contributed by atoms with Gasteiger partial charge >= 0.3 is 0 Å². The second-order valence-corrected chi connectivity index (χ2v) is 10.8. The number of benzene rings is 1. The average Bonchev–Trinajstić information content (AvgIpc) is 3.05. The quantitative estimate of drug-likeness (QED) is 0.317. The maximum Gasteiger partial charge on any atom is 0.264 e. The summed E-state index contributed by atoms with van der Waals surface area (Å²) in [4.78, 5) is 62.8. The van der Waals surface area contributed by atoms with Gasteiger partial charge in [-0.2, -0.15) is 0 Å². The van der Waals surface area contributed by atoms with Gasteiger partial charge in [0.2, 0.25) is 17.7 Å². The number of nitrogens with one attached hydrogen (secondary N) is 3. The predicted molar refractivity (Wildman–Crippen MR) is 136 cm³/mol. The van der Waals surface area contributed by atoms with Crippen LogP contribution < -0.4 is 16.0 Å². The van der Waals surface area contributed by atoms with Gasteiger partial charge in [-0.25, -0.2) is 0 Å². The number of nitrogens with zero attached hydrogens (tertiary/aromatic N) is 1. The lowest BCUT2D eigenvalue weighted by Crippen LogP contribution is -2.54. The first kappa shape index (κ1) is 27.4. The Morgan fingerprint density at radius 3 is 2.44 bits per heavy atom. The molecule has 9 nitrogen and oxygen atoms in total. The molecule has 1 saturated heterocycles. The van der Waals surface area contributed by atoms with Crippen LogP contribution in [0.5, 0.6) is 0 Å². The fourth-order valence-corrected chi connectivity index (χ4v) is 4.36. The van der Waals surface area contributed by atoms with Gasteiger partial charge in [0.25, 0.3) is 11.8 Å². The number of rotatable bonds is 11. The van der Waals surface area contributed by atoms with Crippen LogP contribution in [0.3, 0.4) is 0 Å². The van der Waals surface area contributed by atoms with E-state index in [1.807, 2.05) is 6.92 Å². The molecule has 0 aromatic heterocycles. The molecule has 1 aromatic rings. The Kier molecular flexibility index (Phi) is 8.87. The Morgan fingerprint density at radius 1 is 1.06 bits per heavy atom. The van der Waals surface area contributed by atoms with Gasteiger partial charge in [0.05, 0.1) is 11.1 Å². The molecule has 2 heterocycles. The van der Waals surface area contributed by atoms with Crippen LogP contribution in [0, 0.1) is 5.41 Å². The van der Waals surface area contributed by atoms with Crippen molar-refractivity contribution in [2.45, 2.75) is 91.1 Å². The van der Waals surface area contributed by atoms with E-state index in [1.54, 1.807) is 18.2 Å². The van der Waals surface area contributed by atoms with Crippen molar-refractivity contribution in [1.82, 2.24) is 15.5 Å². The molecule has 2 aliphatic rings. The van der Waals surface area contributed by atoms with Crippen LogP contribution in [-0.2, 0) is 14.4 Å². The molecule has 3 rings (SSSR count). The van der Waals surface area contributed by atoms with Gasteiger partial charge < -0.3 is 10.6 Å². The summed E-state index contributed by atoms with van der Waals surface area (Å²) in [5.74, 6) is -1.92. The summed E-state index contributed by atoms with van der Waals surface area (Å²) in [6.45, 7) is 9.00. The summed E-state index contributed by atoms with van der Waals surface area (Å²) in [6, 6.07) is 4.22. The molecular formula is C27H38N4O5. The Balaban J connectivity index is 1.42. The zero-order chi connectivity index (χ0) is 26.5. The Bertz CT molecular complexity index is 1030. The van der Waals surface area contributed by atoms with Crippen molar-refractivity contribution in [2.75, 3.05) is 11.9 Å². The average molecular weight is 499 g/mol. The second-order valence-electron chi connectivity index (χ2n) is 10.8. The van der Waals surface area contributed by atoms with E-state index in [2.05, 4.69) is 36.7 Å². The van der Waals surface area contributed by atoms with E-state index in [0.717, 1.165) is 37.0 Å². The third-order valence-corrected chi connectivity index (χ3v) is 7.04. The molecule has 5 amide bonds. The van der Waals surface area contributed by atoms with Crippen LogP contribution >= 0.6 is 0 Å². The molecule has 1 aromatic carbocycles. The Hall–Kier alpha value is -3.23. The molecule has 0 aliphatic carbocycles. The largest absolute Gasteiger partial charge is 0.384 e. The number of fused-ring (bicyclic) bond motifs is 1. The number of carbonyl (C=O) groups is 5. The van der Waals surface area contributed by atoms with Crippen LogP contribution in [0.1, 0.15) is 99.8 Å². The standard InChI is InChI=1S/C27H38N4O5/c1-17(27(2,3)4)29-21(32)13-8-6-5-7-9-16-28-19-12-10-11-18-23(19)26(36)31(25(18)35)20-14-15-22(33)30-24(20)34/h10-12,17,20,28H,5-9,13-16H2,1-4H3,(H,29,32)(H,30,33,34)/t17-,20?/m1/s1. The molecule has 36 heavy (non-hydrogen) atoms. The third kappa shape index (κ3) is 6.50. The van der Waals surface area contributed by atoms with Gasteiger partial charge in [-0.15, -0.1) is 0 Å². The lowest BCUT2D eigenvalue weighted by molar-refractivity contribution is -0.136. The molecule has 0 bridgehead atoms. The van der Waals surface area contributed by atoms with Crippen LogP contribution in [0.4, 0.5) is 5.69 Å². The number of hydrogen-bond donors (Lipinski definition) is 3. The number of hydrogen-bond acceptors (Lipinski definition) is 6. The van der Waals surface area contributed by atoms with Crippen molar-refractivity contribution in [3.05, 3.63) is 29.3 Å². The van der Waals surface area contributed by atoms with E-state index < -0.39 is 29.7 Å². The molecule has 0 spiro atoms. The topological polar surface area (TPSA) is 125 Å². The molecule has 0 saturated carbocycles. The van der Waals surface area contributed by atoms with Crippen molar-refractivity contribution >= 4 is 35.2 Å². The van der Waals surface area contributed by atoms with E-state index in [1.165, 1.54) is 0 Å². The van der Waals surface area contributed by atoms with Gasteiger partial charge in [0, 0.05) is 31.1 Å². The Morgan fingerprint density at radius 2 is 1.75 bits per heavy atom. The van der Waals surface area contributed by atoms with Gasteiger partial charge in [-0.05, 0) is 43.7 Å². The molecule has 196 valence electrons. The number of anilines is 1. The van der Waals surface area contributed by atoms with Crippen molar-refractivity contribution in [3.8, 4) is 0 Å². The van der Waals surface area contributed by atoms with Crippen molar-refractivity contribution in [1.29, 1.82) is 0 Å². The summed E-state index contributed by atoms with van der Waals surface area (Å²) < 4.78 is 0. The summed E-state index contributed by atoms with van der Waals surface area (Å²) in [5, 5.41) is 8.54. The summed E-state index contributed by atoms with van der Waals surface area (Å²) in [6.07, 6.45) is 5.48. The molecule has 2 aliphatic heterocycles. The first-order chi connectivity index (χ1) is 17.0. The van der Waals surface area contributed by atoms with Crippen LogP contribution in [0.15, 0.2) is 18.2 Å². The number of unbranched alkanes of at least 4 members (excludes halogenated alkanes) is 4. The van der Waals surface area contributed by atoms with Gasteiger partial charge in [0.15, 0.2) is 0 Å². The summed E-state index contributed by atoms with van der Waals surface area (Å²) in [7, 11) is 0. The Labute approximate surface area is 212 Å². The minimum Gasteiger partial charge on any atom is -0.384 e. The zero-order valence-electron chi connectivity index (χ0n) is 21.7. The lowest BCUT2D eigenvalue weighted by atomic mass is 9.88. The van der Waals surface area contributed by atoms with Gasteiger partial charge in [0.1, 0.15) is 6.04 Å². The molecule has 0 radical (unpaired) electrons. The minimum atomic E-state index is -0.971. The number of imide groups is 2. The highest BCUT2D eigenvalue weighted by Gasteiger charge is 2.45. The normalized spacial score (nSPS) is 18.7. The fourth-order valence-electron chi connectivity index (χ4n) is 4.36. The molecule has 1 fully saturated rings. The highest BCUT2D eigenvalue weighted by atomic mass is 16.2. The van der Waals surface area contributed by atoms with Crippen molar-refractivity contribution in [2.24, 2.45) is 5.41 Å². The van der Waals surface area contributed by atoms with Crippen LogP contribution in [-0.4, -0.2) is 53.1 Å². The van der Waals surface area contributed by atoms with E-state index in [9.17, 15) is 24.0 Å². The van der Waals surface area contributed by atoms with E-state index in [4.69, 9.17) is 0 Å². The zero-order valence-corrected chi connectivity index (χ0v) is 21.7. The third-order valence-electron chi connectivity index (χ3n) is 7.04. The van der Waals surface area contributed by atoms with Crippen LogP contribution in [0.25, 0.3) is 0 Å². The SMILES string of the molecule is C[C@@H](NC(=O)CCCCCCCNc1cccc2c1C(=O)N(C1CCC(=O)NC1=O)C2=O)C(C)(C)C. The summed E-state index contributed by atoms with van der Waals surface area (Å²) in [5.41, 5.74) is 1.17. The van der Waals surface area contributed by atoms with Crippen LogP contribution in [0.2, 0.25) is 0 Å². The lowest BCUT2D eigenvalue weighted by Gasteiger charge is -2.28. The molecule has 9 heteroatoms. The maximum absolute atomic E-state index is 13.1. The smallest absolute Gasteiger partial charge is 0.264 e. The molecule has 3 N–H and O–H groups in total. The van der Waals surface area contributed by atoms with E-state index >= 15 is 0 Å². The highest BCUT2D eigenvalue weighted by molar-refractivity contribution is 6.25. The van der Waals surface area contributed by atoms with E-state index in [0.29, 0.717) is 18.7 Å². The number of amides is 5. The highest BCUT2D eigenvalue weighted by Crippen LogP contribution is 2.32. The number of carbonyl (C=O) groups excluding carboxylic acids is 5. The number of piperidine rings is 1. The van der Waals surface area contributed by atoms with Gasteiger partial charge in [-0.1, -0.05) is 46.1 Å². The monoisotopic (exact) mass is 498 g/mol. The molecular weight excluding hydrogens is 460 g/mol. The molecule has 2 atom stereocenters. The maximum atomic E-state index is 13.1. The van der Waals surface area contributed by atoms with Crippen molar-refractivity contribution < 1.29 is 24.0 Å². The van der Waals surface area contributed by atoms with E-state index in [-0.39, 0.29) is 41.3 Å². The molecule has 1 unspecified atom stereocenters. The van der Waals surface area contributed by atoms with Crippen molar-refractivity contribution in [3.63, 3.8) is 0 Å². The predicted octanol–water partition coefficient (Wildman–Crippen LogP) is 3.39. The second kappa shape index (κ2) is 11.7.